The minimum atomic E-state index is -0.864. The molecule has 1 N–H and O–H groups in total. The van der Waals surface area contributed by atoms with Crippen molar-refractivity contribution in [3.63, 3.8) is 0 Å². The van der Waals surface area contributed by atoms with Crippen molar-refractivity contribution in [3.8, 4) is 23.0 Å². The Bertz CT molecular complexity index is 1560. The Morgan fingerprint density at radius 2 is 2.00 bits per heavy atom. The maximum absolute atomic E-state index is 14.1. The van der Waals surface area contributed by atoms with Crippen LogP contribution in [0.2, 0.25) is 5.02 Å². The molecule has 0 saturated carbocycles. The van der Waals surface area contributed by atoms with E-state index in [4.69, 9.17) is 16.1 Å². The van der Waals surface area contributed by atoms with Gasteiger partial charge in [0.05, 0.1) is 29.2 Å². The highest BCUT2D eigenvalue weighted by atomic mass is 35.5. The molecule has 3 heterocycles. The van der Waals surface area contributed by atoms with Crippen LogP contribution in [0.25, 0.3) is 39.5 Å². The number of hydrogen-bond acceptors (Lipinski definition) is 6. The van der Waals surface area contributed by atoms with Crippen molar-refractivity contribution in [2.24, 2.45) is 0 Å². The smallest absolute Gasteiger partial charge is 0.278 e. The number of rotatable bonds is 4. The lowest BCUT2D eigenvalue weighted by atomic mass is 10.2. The summed E-state index contributed by atoms with van der Waals surface area (Å²) in [6.45, 7) is 1.41. The highest BCUT2D eigenvalue weighted by Gasteiger charge is 2.23. The number of halogens is 3. The number of fused-ring (bicyclic) bond motifs is 3. The van der Waals surface area contributed by atoms with Crippen LogP contribution in [0.4, 0.5) is 8.78 Å². The predicted molar refractivity (Wildman–Crippen MR) is 112 cm³/mol. The molecule has 0 aliphatic carbocycles. The van der Waals surface area contributed by atoms with Crippen molar-refractivity contribution >= 4 is 28.2 Å². The van der Waals surface area contributed by atoms with Crippen LogP contribution in [0.15, 0.2) is 52.0 Å². The molecule has 0 fully saturated rings. The number of nitrogens with zero attached hydrogens (tertiary/aromatic N) is 5. The minimum Gasteiger partial charge on any atom is -0.394 e. The zero-order valence-electron chi connectivity index (χ0n) is 16.5. The molecule has 5 aromatic rings. The lowest BCUT2D eigenvalue weighted by Crippen LogP contribution is -2.27. The van der Waals surface area contributed by atoms with E-state index in [0.717, 1.165) is 6.07 Å². The third-order valence-corrected chi connectivity index (χ3v) is 5.38. The molecule has 0 bridgehead atoms. The van der Waals surface area contributed by atoms with Gasteiger partial charge in [0, 0.05) is 11.1 Å². The van der Waals surface area contributed by atoms with E-state index in [1.165, 1.54) is 17.0 Å². The lowest BCUT2D eigenvalue weighted by Gasteiger charge is -2.17. The van der Waals surface area contributed by atoms with Crippen LogP contribution in [-0.2, 0) is 0 Å². The second-order valence-corrected chi connectivity index (χ2v) is 7.64. The Balaban J connectivity index is 1.76. The normalized spacial score (nSPS) is 12.7. The van der Waals surface area contributed by atoms with E-state index in [0.29, 0.717) is 22.1 Å². The maximum atomic E-state index is 14.1. The summed E-state index contributed by atoms with van der Waals surface area (Å²) < 4.78 is 35.5. The van der Waals surface area contributed by atoms with E-state index in [1.54, 1.807) is 29.5 Å². The summed E-state index contributed by atoms with van der Waals surface area (Å²) >= 11 is 6.14. The zero-order chi connectivity index (χ0) is 22.6. The van der Waals surface area contributed by atoms with Gasteiger partial charge in [-0.15, -0.1) is 0 Å². The molecule has 2 aromatic carbocycles. The Hall–Kier alpha value is -3.63. The fourth-order valence-corrected chi connectivity index (χ4v) is 3.79. The van der Waals surface area contributed by atoms with Crippen LogP contribution in [-0.4, -0.2) is 35.8 Å². The summed E-state index contributed by atoms with van der Waals surface area (Å²) in [5.41, 5.74) is 0.863. The van der Waals surface area contributed by atoms with E-state index in [-0.39, 0.29) is 35.1 Å². The van der Waals surface area contributed by atoms with E-state index >= 15 is 0 Å². The Morgan fingerprint density at radius 3 is 2.75 bits per heavy atom. The van der Waals surface area contributed by atoms with Crippen LogP contribution in [0.5, 0.6) is 0 Å². The van der Waals surface area contributed by atoms with E-state index < -0.39 is 23.2 Å². The first kappa shape index (κ1) is 20.3. The third kappa shape index (κ3) is 3.07. The van der Waals surface area contributed by atoms with Gasteiger partial charge < -0.3 is 9.63 Å². The molecule has 8 nitrogen and oxygen atoms in total. The second kappa shape index (κ2) is 7.50. The molecule has 0 aliphatic heterocycles. The topological polar surface area (TPSA) is 98.5 Å². The average molecular weight is 458 g/mol. The van der Waals surface area contributed by atoms with Crippen LogP contribution in [0.3, 0.4) is 0 Å². The quantitative estimate of drug-likeness (QED) is 0.440. The zero-order valence-corrected chi connectivity index (χ0v) is 17.2. The number of imidazole rings is 1. The summed E-state index contributed by atoms with van der Waals surface area (Å²) in [5.74, 6) is -1.83. The van der Waals surface area contributed by atoms with Gasteiger partial charge in [0.2, 0.25) is 5.82 Å². The number of benzene rings is 2. The summed E-state index contributed by atoms with van der Waals surface area (Å²) in [6.07, 6.45) is 1.44. The molecule has 3 aromatic heterocycles. The molecule has 32 heavy (non-hydrogen) atoms. The van der Waals surface area contributed by atoms with Crippen molar-refractivity contribution in [1.82, 2.24) is 24.1 Å². The average Bonchev–Trinajstić information content (AvgIpc) is 3.41. The first-order chi connectivity index (χ1) is 15.4. The van der Waals surface area contributed by atoms with Crippen molar-refractivity contribution in [3.05, 3.63) is 69.7 Å². The van der Waals surface area contributed by atoms with Crippen molar-refractivity contribution < 1.29 is 18.4 Å². The predicted octanol–water partition coefficient (Wildman–Crippen LogP) is 3.85. The van der Waals surface area contributed by atoms with Gasteiger partial charge in [0.25, 0.3) is 11.4 Å². The second-order valence-electron chi connectivity index (χ2n) is 7.20. The van der Waals surface area contributed by atoms with Crippen molar-refractivity contribution in [2.75, 3.05) is 6.61 Å². The van der Waals surface area contributed by atoms with Gasteiger partial charge in [0.15, 0.2) is 0 Å². The Labute approximate surface area is 183 Å². The van der Waals surface area contributed by atoms with Gasteiger partial charge >= 0.3 is 0 Å². The summed E-state index contributed by atoms with van der Waals surface area (Å²) in [5, 5.41) is 14.0. The molecule has 162 valence electrons. The highest BCUT2D eigenvalue weighted by Crippen LogP contribution is 2.28. The van der Waals surface area contributed by atoms with E-state index in [2.05, 4.69) is 15.1 Å². The summed E-state index contributed by atoms with van der Waals surface area (Å²) in [6, 6.07) is 7.44. The molecule has 0 saturated heterocycles. The van der Waals surface area contributed by atoms with Gasteiger partial charge in [0.1, 0.15) is 29.2 Å². The summed E-state index contributed by atoms with van der Waals surface area (Å²) in [7, 11) is 0. The van der Waals surface area contributed by atoms with Gasteiger partial charge in [-0.3, -0.25) is 13.8 Å². The Morgan fingerprint density at radius 1 is 1.19 bits per heavy atom. The molecular formula is C21H14ClF2N5O3. The van der Waals surface area contributed by atoms with Gasteiger partial charge in [-0.25, -0.2) is 13.8 Å². The molecule has 0 radical (unpaired) electrons. The molecule has 1 atom stereocenters. The van der Waals surface area contributed by atoms with Crippen molar-refractivity contribution in [2.45, 2.75) is 13.0 Å². The fourth-order valence-electron chi connectivity index (χ4n) is 3.63. The largest absolute Gasteiger partial charge is 0.394 e. The molecule has 0 aliphatic rings. The number of hydrogen-bond donors (Lipinski definition) is 1. The molecule has 0 amide bonds. The number of aromatic nitrogens is 5. The van der Waals surface area contributed by atoms with E-state index in [9.17, 15) is 18.7 Å². The Kier molecular flexibility index (Phi) is 4.75. The number of aliphatic hydroxyl groups is 1. The molecule has 0 spiro atoms. The first-order valence-electron chi connectivity index (χ1n) is 9.50. The lowest BCUT2D eigenvalue weighted by molar-refractivity contribution is 0.239. The van der Waals surface area contributed by atoms with Crippen LogP contribution < -0.4 is 5.56 Å². The fraction of sp³-hybridized carbons (Fsp3) is 0.143. The van der Waals surface area contributed by atoms with Gasteiger partial charge in [-0.1, -0.05) is 16.8 Å². The van der Waals surface area contributed by atoms with Crippen LogP contribution in [0, 0.1) is 11.6 Å². The molecule has 5 rings (SSSR count). The molecular weight excluding hydrogens is 444 g/mol. The van der Waals surface area contributed by atoms with E-state index in [1.807, 2.05) is 0 Å². The van der Waals surface area contributed by atoms with Gasteiger partial charge in [-0.2, -0.15) is 4.98 Å². The molecule has 1 unspecified atom stereocenters. The van der Waals surface area contributed by atoms with Crippen LogP contribution >= 0.6 is 11.6 Å². The maximum Gasteiger partial charge on any atom is 0.278 e. The van der Waals surface area contributed by atoms with Crippen LogP contribution in [0.1, 0.15) is 13.0 Å². The third-order valence-electron chi connectivity index (χ3n) is 5.15. The first-order valence-corrected chi connectivity index (χ1v) is 9.88. The van der Waals surface area contributed by atoms with Gasteiger partial charge in [-0.05, 0) is 37.3 Å². The van der Waals surface area contributed by atoms with Crippen molar-refractivity contribution in [1.29, 1.82) is 0 Å². The standard InChI is InChI=1S/C21H14ClF2N5O3/c1-10(8-30)29-16-6-11(22)2-5-15(16)28-9-25-17(18(28)21(29)31)19-26-20(32-27-19)13-4-3-12(23)7-14(13)24/h2-7,9-10,30H,8H2,1H3. The summed E-state index contributed by atoms with van der Waals surface area (Å²) in [4.78, 5) is 21.9. The SMILES string of the molecule is CC(CO)n1c(=O)c2c(-c3noc(-c4ccc(F)cc4F)n3)ncn2c2ccc(Cl)cc21. The number of aliphatic hydroxyl groups excluding tert-OH is 1. The monoisotopic (exact) mass is 457 g/mol. The highest BCUT2D eigenvalue weighted by molar-refractivity contribution is 6.31. The molecule has 11 heteroatoms. The minimum absolute atomic E-state index is 0.0418.